The molecule has 5 nitrogen and oxygen atoms in total. The fraction of sp³-hybridized carbons (Fsp3) is 0.444. The van der Waals surface area contributed by atoms with E-state index in [9.17, 15) is 9.90 Å². The highest BCUT2D eigenvalue weighted by molar-refractivity contribution is 5.99. The van der Waals surface area contributed by atoms with E-state index in [1.54, 1.807) is 11.0 Å². The first kappa shape index (κ1) is 14.5. The molecule has 1 fully saturated rings. The average molecular weight is 312 g/mol. The van der Waals surface area contributed by atoms with Gasteiger partial charge in [-0.05, 0) is 43.0 Å². The second-order valence-electron chi connectivity index (χ2n) is 6.72. The van der Waals surface area contributed by atoms with Crippen molar-refractivity contribution in [1.82, 2.24) is 4.98 Å². The van der Waals surface area contributed by atoms with Gasteiger partial charge in [0.05, 0.1) is 50.0 Å². The molecule has 0 unspecified atom stereocenters. The maximum absolute atomic E-state index is 11.4. The summed E-state index contributed by atoms with van der Waals surface area (Å²) in [7, 11) is 2.23. The summed E-state index contributed by atoms with van der Waals surface area (Å²) in [6.07, 6.45) is 3.25. The number of anilines is 1. The van der Waals surface area contributed by atoms with Gasteiger partial charge in [-0.3, -0.25) is 4.98 Å². The number of benzene rings is 1. The van der Waals surface area contributed by atoms with Gasteiger partial charge in [0.2, 0.25) is 0 Å². The van der Waals surface area contributed by atoms with Crippen molar-refractivity contribution in [3.05, 3.63) is 35.0 Å². The number of carbonyl (C=O) groups is 1. The maximum Gasteiger partial charge on any atom is 0.335 e. The molecular formula is C18H22N3O2+. The SMILES string of the molecule is C[NH+]1CCN(c2c3c(nc4ccc(C(=O)O)cc24)CCC3)CC1. The Balaban J connectivity index is 1.91. The van der Waals surface area contributed by atoms with Gasteiger partial charge in [-0.2, -0.15) is 0 Å². The number of rotatable bonds is 2. The Morgan fingerprint density at radius 3 is 2.78 bits per heavy atom. The third-order valence-electron chi connectivity index (χ3n) is 5.16. The summed E-state index contributed by atoms with van der Waals surface area (Å²) < 4.78 is 0. The number of fused-ring (bicyclic) bond motifs is 2. The Morgan fingerprint density at radius 1 is 1.26 bits per heavy atom. The topological polar surface area (TPSA) is 57.9 Å². The van der Waals surface area contributed by atoms with Gasteiger partial charge in [0.25, 0.3) is 0 Å². The summed E-state index contributed by atoms with van der Waals surface area (Å²) in [5.41, 5.74) is 5.08. The Hall–Kier alpha value is -2.14. The molecule has 23 heavy (non-hydrogen) atoms. The summed E-state index contributed by atoms with van der Waals surface area (Å²) in [5, 5.41) is 10.3. The molecule has 2 aromatic rings. The predicted molar refractivity (Wildman–Crippen MR) is 89.6 cm³/mol. The molecule has 120 valence electrons. The Morgan fingerprint density at radius 2 is 2.04 bits per heavy atom. The summed E-state index contributed by atoms with van der Waals surface area (Å²) in [6.45, 7) is 4.29. The van der Waals surface area contributed by atoms with Gasteiger partial charge < -0.3 is 14.9 Å². The van der Waals surface area contributed by atoms with Crippen LogP contribution in [-0.4, -0.2) is 49.3 Å². The molecule has 0 spiro atoms. The first-order valence-electron chi connectivity index (χ1n) is 8.38. The molecule has 4 rings (SSSR count). The Kier molecular flexibility index (Phi) is 3.45. The first-order chi connectivity index (χ1) is 11.1. The number of pyridine rings is 1. The van der Waals surface area contributed by atoms with Gasteiger partial charge >= 0.3 is 5.97 Å². The molecule has 0 bridgehead atoms. The van der Waals surface area contributed by atoms with Crippen molar-refractivity contribution in [2.45, 2.75) is 19.3 Å². The third-order valence-corrected chi connectivity index (χ3v) is 5.16. The van der Waals surface area contributed by atoms with Crippen LogP contribution in [0.25, 0.3) is 10.9 Å². The van der Waals surface area contributed by atoms with Crippen molar-refractivity contribution in [2.75, 3.05) is 38.1 Å². The number of aromatic carboxylic acids is 1. The van der Waals surface area contributed by atoms with Gasteiger partial charge in [0.1, 0.15) is 0 Å². The highest BCUT2D eigenvalue weighted by Gasteiger charge is 2.26. The van der Waals surface area contributed by atoms with Crippen LogP contribution in [-0.2, 0) is 12.8 Å². The number of piperazine rings is 1. The van der Waals surface area contributed by atoms with E-state index in [2.05, 4.69) is 11.9 Å². The van der Waals surface area contributed by atoms with Crippen molar-refractivity contribution in [3.8, 4) is 0 Å². The monoisotopic (exact) mass is 312 g/mol. The van der Waals surface area contributed by atoms with Crippen molar-refractivity contribution in [3.63, 3.8) is 0 Å². The van der Waals surface area contributed by atoms with Crippen LogP contribution in [0.5, 0.6) is 0 Å². The van der Waals surface area contributed by atoms with Crippen LogP contribution in [0.4, 0.5) is 5.69 Å². The van der Waals surface area contributed by atoms with Gasteiger partial charge in [-0.25, -0.2) is 4.79 Å². The lowest BCUT2D eigenvalue weighted by molar-refractivity contribution is -0.880. The zero-order valence-corrected chi connectivity index (χ0v) is 13.4. The minimum Gasteiger partial charge on any atom is -0.478 e. The van der Waals surface area contributed by atoms with E-state index in [1.165, 1.54) is 16.9 Å². The number of carboxylic acids is 1. The number of aryl methyl sites for hydroxylation is 1. The smallest absolute Gasteiger partial charge is 0.335 e. The molecule has 1 saturated heterocycles. The minimum atomic E-state index is -0.874. The van der Waals surface area contributed by atoms with E-state index in [4.69, 9.17) is 4.98 Å². The van der Waals surface area contributed by atoms with Crippen molar-refractivity contribution in [2.24, 2.45) is 0 Å². The number of hydrogen-bond donors (Lipinski definition) is 2. The highest BCUT2D eigenvalue weighted by Crippen LogP contribution is 2.37. The fourth-order valence-electron chi connectivity index (χ4n) is 3.84. The molecule has 5 heteroatoms. The lowest BCUT2D eigenvalue weighted by Crippen LogP contribution is -3.12. The van der Waals surface area contributed by atoms with E-state index in [1.807, 2.05) is 12.1 Å². The zero-order valence-electron chi connectivity index (χ0n) is 13.4. The van der Waals surface area contributed by atoms with Crippen LogP contribution >= 0.6 is 0 Å². The number of carboxylic acid groups (broad SMARTS) is 1. The number of hydrogen-bond acceptors (Lipinski definition) is 3. The van der Waals surface area contributed by atoms with Crippen LogP contribution in [0, 0.1) is 0 Å². The Bertz CT molecular complexity index is 779. The van der Waals surface area contributed by atoms with Gasteiger partial charge in [0.15, 0.2) is 0 Å². The molecule has 0 amide bonds. The molecule has 1 aromatic carbocycles. The van der Waals surface area contributed by atoms with E-state index in [-0.39, 0.29) is 0 Å². The van der Waals surface area contributed by atoms with Crippen LogP contribution in [0.2, 0.25) is 0 Å². The highest BCUT2D eigenvalue weighted by atomic mass is 16.4. The lowest BCUT2D eigenvalue weighted by atomic mass is 10.0. The van der Waals surface area contributed by atoms with Gasteiger partial charge in [0, 0.05) is 11.1 Å². The summed E-state index contributed by atoms with van der Waals surface area (Å²) in [4.78, 5) is 20.2. The first-order valence-corrected chi connectivity index (χ1v) is 8.38. The van der Waals surface area contributed by atoms with Crippen molar-refractivity contribution >= 4 is 22.6 Å². The summed E-state index contributed by atoms with van der Waals surface area (Å²) in [6, 6.07) is 5.34. The lowest BCUT2D eigenvalue weighted by Gasteiger charge is -2.33. The van der Waals surface area contributed by atoms with Gasteiger partial charge in [-0.1, -0.05) is 0 Å². The van der Waals surface area contributed by atoms with E-state index in [0.29, 0.717) is 5.56 Å². The van der Waals surface area contributed by atoms with Gasteiger partial charge in [-0.15, -0.1) is 0 Å². The van der Waals surface area contributed by atoms with Crippen LogP contribution in [0.1, 0.15) is 28.0 Å². The van der Waals surface area contributed by atoms with Crippen LogP contribution < -0.4 is 9.80 Å². The molecule has 2 aliphatic rings. The van der Waals surface area contributed by atoms with Crippen molar-refractivity contribution < 1.29 is 14.8 Å². The molecule has 0 saturated carbocycles. The van der Waals surface area contributed by atoms with E-state index >= 15 is 0 Å². The Labute approximate surface area is 135 Å². The average Bonchev–Trinajstić information content (AvgIpc) is 3.01. The molecule has 0 atom stereocenters. The maximum atomic E-state index is 11.4. The summed E-state index contributed by atoms with van der Waals surface area (Å²) >= 11 is 0. The standard InChI is InChI=1S/C18H21N3O2/c1-20-7-9-21(10-8-20)17-13-3-2-4-15(13)19-16-6-5-12(18(22)23)11-14(16)17/h5-6,11H,2-4,7-10H2,1H3,(H,22,23)/p+1. The van der Waals surface area contributed by atoms with E-state index < -0.39 is 5.97 Å². The normalized spacial score (nSPS) is 18.4. The third kappa shape index (κ3) is 2.45. The molecule has 1 aromatic heterocycles. The second-order valence-corrected chi connectivity index (χ2v) is 6.72. The fourth-order valence-corrected chi connectivity index (χ4v) is 3.84. The molecule has 2 heterocycles. The molecule has 2 N–H and O–H groups in total. The summed E-state index contributed by atoms with van der Waals surface area (Å²) in [5.74, 6) is -0.874. The number of nitrogens with zero attached hydrogens (tertiary/aromatic N) is 2. The van der Waals surface area contributed by atoms with Crippen molar-refractivity contribution in [1.29, 1.82) is 0 Å². The zero-order chi connectivity index (χ0) is 16.0. The molecule has 1 aliphatic carbocycles. The molecule has 1 aliphatic heterocycles. The second kappa shape index (κ2) is 5.49. The number of likely N-dealkylation sites (N-methyl/N-ethyl adjacent to an activating group) is 1. The molecular weight excluding hydrogens is 290 g/mol. The molecule has 0 radical (unpaired) electrons. The van der Waals surface area contributed by atoms with Crippen LogP contribution in [0.15, 0.2) is 18.2 Å². The number of nitrogens with one attached hydrogen (secondary N) is 1. The predicted octanol–water partition coefficient (Wildman–Crippen LogP) is 0.756. The number of quaternary nitrogens is 1. The van der Waals surface area contributed by atoms with Crippen LogP contribution in [0.3, 0.4) is 0 Å². The minimum absolute atomic E-state index is 0.346. The van der Waals surface area contributed by atoms with E-state index in [0.717, 1.165) is 56.3 Å². The number of aromatic nitrogens is 1. The largest absolute Gasteiger partial charge is 0.478 e. The quantitative estimate of drug-likeness (QED) is 0.859.